The van der Waals surface area contributed by atoms with Gasteiger partial charge in [0.1, 0.15) is 5.78 Å². The third-order valence-electron chi connectivity index (χ3n) is 5.02. The molecule has 0 aromatic carbocycles. The van der Waals surface area contributed by atoms with Gasteiger partial charge < -0.3 is 9.47 Å². The van der Waals surface area contributed by atoms with E-state index in [0.29, 0.717) is 63.4 Å². The zero-order chi connectivity index (χ0) is 20.3. The number of carbonyl (C=O) groups is 3. The van der Waals surface area contributed by atoms with Gasteiger partial charge in [-0.15, -0.1) is 0 Å². The summed E-state index contributed by atoms with van der Waals surface area (Å²) in [5.74, 6) is -2.10. The maximum absolute atomic E-state index is 12.7. The van der Waals surface area contributed by atoms with Crippen molar-refractivity contribution in [2.75, 3.05) is 13.2 Å². The van der Waals surface area contributed by atoms with Crippen LogP contribution in [0.25, 0.3) is 0 Å². The van der Waals surface area contributed by atoms with Crippen molar-refractivity contribution in [2.45, 2.75) is 84.0 Å². The van der Waals surface area contributed by atoms with Crippen LogP contribution in [0.4, 0.5) is 8.78 Å². The number of esters is 2. The zero-order valence-electron chi connectivity index (χ0n) is 16.4. The van der Waals surface area contributed by atoms with Gasteiger partial charge in [-0.05, 0) is 51.4 Å². The molecule has 0 atom stereocenters. The monoisotopic (exact) mass is 390 g/mol. The Kier molecular flexibility index (Phi) is 10.5. The van der Waals surface area contributed by atoms with Crippen LogP contribution in [0.3, 0.4) is 0 Å². The number of ketones is 1. The van der Waals surface area contributed by atoms with E-state index in [1.54, 1.807) is 6.92 Å². The summed E-state index contributed by atoms with van der Waals surface area (Å²) in [5, 5.41) is 0. The van der Waals surface area contributed by atoms with E-state index >= 15 is 0 Å². The largest absolute Gasteiger partial charge is 0.466 e. The molecule has 0 heterocycles. The van der Waals surface area contributed by atoms with Gasteiger partial charge in [0.05, 0.1) is 13.2 Å². The first-order chi connectivity index (χ1) is 12.8. The van der Waals surface area contributed by atoms with Crippen LogP contribution in [0.1, 0.15) is 78.1 Å². The quantitative estimate of drug-likeness (QED) is 0.626. The van der Waals surface area contributed by atoms with Crippen LogP contribution in [-0.2, 0) is 23.9 Å². The van der Waals surface area contributed by atoms with Gasteiger partial charge in [-0.25, -0.2) is 8.78 Å². The van der Waals surface area contributed by atoms with Gasteiger partial charge in [-0.3, -0.25) is 14.4 Å². The number of hydrogen-bond donors (Lipinski definition) is 0. The fourth-order valence-corrected chi connectivity index (χ4v) is 3.42. The predicted octanol–water partition coefficient (Wildman–Crippen LogP) is 4.46. The average Bonchev–Trinajstić information content (AvgIpc) is 2.60. The lowest BCUT2D eigenvalue weighted by Crippen LogP contribution is -2.26. The van der Waals surface area contributed by atoms with E-state index in [1.807, 2.05) is 6.92 Å². The van der Waals surface area contributed by atoms with Gasteiger partial charge in [0.2, 0.25) is 5.92 Å². The minimum absolute atomic E-state index is 0.0862. The molecular formula is C20H32F2O5. The Bertz CT molecular complexity index is 473. The van der Waals surface area contributed by atoms with Gasteiger partial charge in [-0.2, -0.15) is 0 Å². The summed E-state index contributed by atoms with van der Waals surface area (Å²) >= 11 is 0. The second-order valence-electron chi connectivity index (χ2n) is 7.30. The van der Waals surface area contributed by atoms with E-state index in [-0.39, 0.29) is 30.7 Å². The van der Waals surface area contributed by atoms with Gasteiger partial charge in [-0.1, -0.05) is 0 Å². The van der Waals surface area contributed by atoms with Crippen molar-refractivity contribution in [3.05, 3.63) is 0 Å². The second-order valence-corrected chi connectivity index (χ2v) is 7.30. The first-order valence-corrected chi connectivity index (χ1v) is 9.96. The minimum atomic E-state index is -2.51. The molecule has 0 saturated heterocycles. The Morgan fingerprint density at radius 2 is 1.30 bits per heavy atom. The molecule has 5 nitrogen and oxygen atoms in total. The fourth-order valence-electron chi connectivity index (χ4n) is 3.42. The molecule has 7 heteroatoms. The van der Waals surface area contributed by atoms with Crippen LogP contribution >= 0.6 is 0 Å². The SMILES string of the molecule is CCOC(=O)CC1CCC(=O)CC1.CCOC(=O)CC1CCC(F)(F)CC1. The normalized spacial score (nSPS) is 20.4. The van der Waals surface area contributed by atoms with E-state index in [9.17, 15) is 23.2 Å². The van der Waals surface area contributed by atoms with Crippen molar-refractivity contribution in [1.82, 2.24) is 0 Å². The number of ether oxygens (including phenoxy) is 2. The summed E-state index contributed by atoms with van der Waals surface area (Å²) in [6.07, 6.45) is 4.49. The van der Waals surface area contributed by atoms with Crippen LogP contribution in [0.15, 0.2) is 0 Å². The Morgan fingerprint density at radius 3 is 1.70 bits per heavy atom. The van der Waals surface area contributed by atoms with Crippen LogP contribution in [-0.4, -0.2) is 36.9 Å². The lowest BCUT2D eigenvalue weighted by Gasteiger charge is -2.27. The summed E-state index contributed by atoms with van der Waals surface area (Å²) in [5.41, 5.74) is 0. The van der Waals surface area contributed by atoms with Gasteiger partial charge in [0.25, 0.3) is 0 Å². The van der Waals surface area contributed by atoms with Crippen LogP contribution < -0.4 is 0 Å². The summed E-state index contributed by atoms with van der Waals surface area (Å²) in [4.78, 5) is 33.1. The maximum atomic E-state index is 12.7. The van der Waals surface area contributed by atoms with Crippen LogP contribution in [0.2, 0.25) is 0 Å². The van der Waals surface area contributed by atoms with Gasteiger partial charge >= 0.3 is 11.9 Å². The highest BCUT2D eigenvalue weighted by atomic mass is 19.3. The fraction of sp³-hybridized carbons (Fsp3) is 0.850. The van der Waals surface area contributed by atoms with Crippen molar-refractivity contribution in [2.24, 2.45) is 11.8 Å². The highest BCUT2D eigenvalue weighted by molar-refractivity contribution is 5.79. The number of halogens is 2. The Balaban J connectivity index is 0.000000271. The average molecular weight is 390 g/mol. The summed E-state index contributed by atoms with van der Waals surface area (Å²) in [7, 11) is 0. The van der Waals surface area contributed by atoms with Crippen molar-refractivity contribution in [1.29, 1.82) is 0 Å². The zero-order valence-corrected chi connectivity index (χ0v) is 16.4. The second kappa shape index (κ2) is 12.0. The molecule has 0 N–H and O–H groups in total. The lowest BCUT2D eigenvalue weighted by molar-refractivity contribution is -0.146. The molecule has 0 radical (unpaired) electrons. The summed E-state index contributed by atoms with van der Waals surface area (Å²) < 4.78 is 35.1. The molecule has 2 aliphatic carbocycles. The minimum Gasteiger partial charge on any atom is -0.466 e. The molecule has 0 amide bonds. The van der Waals surface area contributed by atoms with Crippen molar-refractivity contribution in [3.8, 4) is 0 Å². The first-order valence-electron chi connectivity index (χ1n) is 9.96. The highest BCUT2D eigenvalue weighted by Crippen LogP contribution is 2.37. The van der Waals surface area contributed by atoms with Crippen LogP contribution in [0, 0.1) is 11.8 Å². The third-order valence-corrected chi connectivity index (χ3v) is 5.02. The molecular weight excluding hydrogens is 358 g/mol. The van der Waals surface area contributed by atoms with E-state index in [0.717, 1.165) is 12.8 Å². The van der Waals surface area contributed by atoms with E-state index in [4.69, 9.17) is 9.47 Å². The summed E-state index contributed by atoms with van der Waals surface area (Å²) in [6, 6.07) is 0. The molecule has 2 aliphatic rings. The molecule has 27 heavy (non-hydrogen) atoms. The van der Waals surface area contributed by atoms with E-state index in [1.165, 1.54) is 0 Å². The maximum Gasteiger partial charge on any atom is 0.306 e. The highest BCUT2D eigenvalue weighted by Gasteiger charge is 2.35. The molecule has 0 aromatic rings. The lowest BCUT2D eigenvalue weighted by atomic mass is 9.85. The van der Waals surface area contributed by atoms with Crippen molar-refractivity contribution >= 4 is 17.7 Å². The summed E-state index contributed by atoms with van der Waals surface area (Å²) in [6.45, 7) is 4.36. The molecule has 156 valence electrons. The van der Waals surface area contributed by atoms with Gasteiger partial charge in [0, 0.05) is 38.5 Å². The number of Topliss-reactive ketones (excluding diaryl/α,β-unsaturated/α-hetero) is 1. The smallest absolute Gasteiger partial charge is 0.306 e. The number of hydrogen-bond acceptors (Lipinski definition) is 5. The van der Waals surface area contributed by atoms with Crippen molar-refractivity contribution < 1.29 is 32.6 Å². The Morgan fingerprint density at radius 1 is 0.889 bits per heavy atom. The standard InChI is InChI=1S/C10H16F2O2.C10H16O3/c1-2-14-9(13)7-8-3-5-10(11,12)6-4-8;1-2-13-10(12)7-8-3-5-9(11)6-4-8/h8H,2-7H2,1H3;8H,2-7H2,1H3. The third kappa shape index (κ3) is 10.4. The number of alkyl halides is 2. The Labute approximate surface area is 160 Å². The van der Waals surface area contributed by atoms with Crippen LogP contribution in [0.5, 0.6) is 0 Å². The predicted molar refractivity (Wildman–Crippen MR) is 96.4 cm³/mol. The topological polar surface area (TPSA) is 69.7 Å². The number of rotatable bonds is 6. The molecule has 0 bridgehead atoms. The molecule has 0 unspecified atom stereocenters. The molecule has 2 fully saturated rings. The van der Waals surface area contributed by atoms with Crippen molar-refractivity contribution in [3.63, 3.8) is 0 Å². The molecule has 0 spiro atoms. The van der Waals surface area contributed by atoms with E-state index < -0.39 is 5.92 Å². The molecule has 2 rings (SSSR count). The van der Waals surface area contributed by atoms with E-state index in [2.05, 4.69) is 0 Å². The molecule has 0 aliphatic heterocycles. The Hall–Kier alpha value is -1.53. The van der Waals surface area contributed by atoms with Gasteiger partial charge in [0.15, 0.2) is 0 Å². The molecule has 0 aromatic heterocycles. The number of carbonyl (C=O) groups excluding carboxylic acids is 3. The molecule has 2 saturated carbocycles. The first kappa shape index (κ1) is 23.5.